The third kappa shape index (κ3) is 4.55. The highest BCUT2D eigenvalue weighted by molar-refractivity contribution is 5.82. The highest BCUT2D eigenvalue weighted by Gasteiger charge is 2.36. The summed E-state index contributed by atoms with van der Waals surface area (Å²) < 4.78 is 4.88. The number of nitriles is 1. The Hall–Kier alpha value is -2.90. The van der Waals surface area contributed by atoms with Gasteiger partial charge in [0.1, 0.15) is 5.54 Å². The smallest absolute Gasteiger partial charge is 0.326 e. The molecule has 1 unspecified atom stereocenters. The number of methoxy groups -OCH3 is 1. The van der Waals surface area contributed by atoms with Crippen molar-refractivity contribution in [3.05, 3.63) is 77.4 Å². The number of benzene rings is 2. The molecule has 2 N–H and O–H groups in total. The van der Waals surface area contributed by atoms with Crippen molar-refractivity contribution in [2.24, 2.45) is 5.73 Å². The van der Waals surface area contributed by atoms with Crippen molar-refractivity contribution in [3.8, 4) is 6.07 Å². The van der Waals surface area contributed by atoms with Gasteiger partial charge in [-0.3, -0.25) is 4.79 Å². The van der Waals surface area contributed by atoms with E-state index < -0.39 is 11.5 Å². The summed E-state index contributed by atoms with van der Waals surface area (Å²) in [6.45, 7) is 0. The number of ether oxygens (including phenoxy) is 1. The van der Waals surface area contributed by atoms with Gasteiger partial charge in [0.2, 0.25) is 0 Å². The van der Waals surface area contributed by atoms with Crippen molar-refractivity contribution in [2.75, 3.05) is 7.11 Å². The van der Waals surface area contributed by atoms with Gasteiger partial charge >= 0.3 is 5.97 Å². The molecule has 0 aliphatic heterocycles. The second-order valence-electron chi connectivity index (χ2n) is 5.68. The van der Waals surface area contributed by atoms with Crippen LogP contribution in [0.5, 0.6) is 0 Å². The lowest BCUT2D eigenvalue weighted by molar-refractivity contribution is -0.147. The Balaban J connectivity index is 2.29. The Morgan fingerprint density at radius 1 is 1.17 bits per heavy atom. The van der Waals surface area contributed by atoms with Crippen LogP contribution in [0, 0.1) is 11.3 Å². The molecule has 0 aliphatic carbocycles. The SMILES string of the molecule is COC(=O)C(N)(C/C(C#N)=C\c1ccccc1)Cc1ccccc1. The van der Waals surface area contributed by atoms with Gasteiger partial charge in [0.05, 0.1) is 13.2 Å². The van der Waals surface area contributed by atoms with Crippen LogP contribution < -0.4 is 5.73 Å². The van der Waals surface area contributed by atoms with Gasteiger partial charge in [0.25, 0.3) is 0 Å². The molecule has 0 aromatic heterocycles. The lowest BCUT2D eigenvalue weighted by Gasteiger charge is -2.26. The zero-order chi connectivity index (χ0) is 17.4. The Morgan fingerprint density at radius 3 is 2.29 bits per heavy atom. The quantitative estimate of drug-likeness (QED) is 0.655. The van der Waals surface area contributed by atoms with Crippen molar-refractivity contribution < 1.29 is 9.53 Å². The van der Waals surface area contributed by atoms with E-state index in [0.29, 0.717) is 12.0 Å². The maximum atomic E-state index is 12.3. The topological polar surface area (TPSA) is 76.1 Å². The first kappa shape index (κ1) is 17.5. The van der Waals surface area contributed by atoms with E-state index in [0.717, 1.165) is 11.1 Å². The van der Waals surface area contributed by atoms with Crippen LogP contribution in [0.2, 0.25) is 0 Å². The third-order valence-electron chi connectivity index (χ3n) is 3.74. The molecule has 0 bridgehead atoms. The fraction of sp³-hybridized carbons (Fsp3) is 0.200. The molecular weight excluding hydrogens is 300 g/mol. The van der Waals surface area contributed by atoms with E-state index >= 15 is 0 Å². The predicted octanol–water partition coefficient (Wildman–Crippen LogP) is 3.10. The second kappa shape index (κ2) is 8.09. The van der Waals surface area contributed by atoms with Gasteiger partial charge < -0.3 is 10.5 Å². The molecule has 0 heterocycles. The van der Waals surface area contributed by atoms with Crippen molar-refractivity contribution in [1.82, 2.24) is 0 Å². The van der Waals surface area contributed by atoms with Gasteiger partial charge in [-0.1, -0.05) is 60.7 Å². The van der Waals surface area contributed by atoms with Crippen molar-refractivity contribution in [3.63, 3.8) is 0 Å². The molecule has 0 radical (unpaired) electrons. The molecule has 0 spiro atoms. The van der Waals surface area contributed by atoms with Crippen molar-refractivity contribution >= 4 is 12.0 Å². The summed E-state index contributed by atoms with van der Waals surface area (Å²) in [5.74, 6) is -0.527. The lowest BCUT2D eigenvalue weighted by Crippen LogP contribution is -2.51. The zero-order valence-corrected chi connectivity index (χ0v) is 13.6. The molecule has 0 saturated carbocycles. The van der Waals surface area contributed by atoms with E-state index in [1.165, 1.54) is 7.11 Å². The Morgan fingerprint density at radius 2 is 1.75 bits per heavy atom. The molecule has 4 nitrogen and oxygen atoms in total. The number of hydrogen-bond acceptors (Lipinski definition) is 4. The highest BCUT2D eigenvalue weighted by Crippen LogP contribution is 2.22. The maximum absolute atomic E-state index is 12.3. The molecule has 122 valence electrons. The Kier molecular flexibility index (Phi) is 5.89. The number of nitrogens with two attached hydrogens (primary N) is 1. The average Bonchev–Trinajstić information content (AvgIpc) is 2.62. The average molecular weight is 320 g/mol. The molecule has 2 rings (SSSR count). The summed E-state index contributed by atoms with van der Waals surface area (Å²) in [5.41, 5.74) is 7.31. The Labute approximate surface area is 142 Å². The van der Waals surface area contributed by atoms with Gasteiger partial charge in [0, 0.05) is 18.4 Å². The normalized spacial score (nSPS) is 13.6. The fourth-order valence-corrected chi connectivity index (χ4v) is 2.58. The lowest BCUT2D eigenvalue weighted by atomic mass is 9.85. The summed E-state index contributed by atoms with van der Waals surface area (Å²) in [5, 5.41) is 9.45. The molecule has 0 aliphatic rings. The minimum absolute atomic E-state index is 0.111. The van der Waals surface area contributed by atoms with Crippen LogP contribution in [0.15, 0.2) is 66.2 Å². The first-order valence-corrected chi connectivity index (χ1v) is 7.64. The van der Waals surface area contributed by atoms with Crippen LogP contribution >= 0.6 is 0 Å². The molecule has 24 heavy (non-hydrogen) atoms. The van der Waals surface area contributed by atoms with Crippen LogP contribution in [-0.2, 0) is 16.0 Å². The van der Waals surface area contributed by atoms with Gasteiger partial charge in [-0.15, -0.1) is 0 Å². The first-order valence-electron chi connectivity index (χ1n) is 7.64. The summed E-state index contributed by atoms with van der Waals surface area (Å²) in [7, 11) is 1.31. The molecule has 0 fully saturated rings. The first-order chi connectivity index (χ1) is 11.6. The number of carbonyl (C=O) groups is 1. The third-order valence-corrected chi connectivity index (χ3v) is 3.74. The van der Waals surface area contributed by atoms with Crippen LogP contribution in [0.4, 0.5) is 0 Å². The number of hydrogen-bond donors (Lipinski definition) is 1. The van der Waals surface area contributed by atoms with Gasteiger partial charge in [-0.2, -0.15) is 5.26 Å². The minimum atomic E-state index is -1.29. The molecular formula is C20H20N2O2. The zero-order valence-electron chi connectivity index (χ0n) is 13.6. The molecule has 0 saturated heterocycles. The van der Waals surface area contributed by atoms with E-state index in [4.69, 9.17) is 10.5 Å². The van der Waals surface area contributed by atoms with E-state index in [9.17, 15) is 10.1 Å². The Bertz CT molecular complexity index is 748. The van der Waals surface area contributed by atoms with E-state index in [2.05, 4.69) is 6.07 Å². The summed E-state index contributed by atoms with van der Waals surface area (Å²) in [6, 6.07) is 21.1. The van der Waals surface area contributed by atoms with Crippen molar-refractivity contribution in [1.29, 1.82) is 5.26 Å². The van der Waals surface area contributed by atoms with Crippen molar-refractivity contribution in [2.45, 2.75) is 18.4 Å². The summed E-state index contributed by atoms with van der Waals surface area (Å²) in [6.07, 6.45) is 2.16. The minimum Gasteiger partial charge on any atom is -0.468 e. The highest BCUT2D eigenvalue weighted by atomic mass is 16.5. The van der Waals surface area contributed by atoms with Crippen LogP contribution in [0.3, 0.4) is 0 Å². The van der Waals surface area contributed by atoms with Crippen LogP contribution in [0.25, 0.3) is 6.08 Å². The largest absolute Gasteiger partial charge is 0.468 e. The molecule has 2 aromatic rings. The molecule has 0 amide bonds. The number of rotatable bonds is 6. The number of nitrogens with zero attached hydrogens (tertiary/aromatic N) is 1. The number of esters is 1. The predicted molar refractivity (Wildman–Crippen MR) is 93.7 cm³/mol. The van der Waals surface area contributed by atoms with Gasteiger partial charge in [0.15, 0.2) is 0 Å². The van der Waals surface area contributed by atoms with Gasteiger partial charge in [-0.05, 0) is 17.2 Å². The van der Waals surface area contributed by atoms with E-state index in [1.807, 2.05) is 60.7 Å². The van der Waals surface area contributed by atoms with Crippen LogP contribution in [0.1, 0.15) is 17.5 Å². The molecule has 2 aromatic carbocycles. The standard InChI is InChI=1S/C20H20N2O2/c1-24-19(23)20(22,13-17-10-6-3-7-11-17)14-18(15-21)12-16-8-4-2-5-9-16/h2-12H,13-14,22H2,1H3/b18-12+. The molecule has 4 heteroatoms. The second-order valence-corrected chi connectivity index (χ2v) is 5.68. The summed E-state index contributed by atoms with van der Waals surface area (Å²) in [4.78, 5) is 12.3. The van der Waals surface area contributed by atoms with E-state index in [-0.39, 0.29) is 6.42 Å². The maximum Gasteiger partial charge on any atom is 0.326 e. The summed E-state index contributed by atoms with van der Waals surface area (Å²) >= 11 is 0. The molecule has 1 atom stereocenters. The van der Waals surface area contributed by atoms with Gasteiger partial charge in [-0.25, -0.2) is 0 Å². The number of carbonyl (C=O) groups excluding carboxylic acids is 1. The van der Waals surface area contributed by atoms with Crippen LogP contribution in [-0.4, -0.2) is 18.6 Å². The monoisotopic (exact) mass is 320 g/mol. The van der Waals surface area contributed by atoms with E-state index in [1.54, 1.807) is 6.08 Å². The fourth-order valence-electron chi connectivity index (χ4n) is 2.58.